The summed E-state index contributed by atoms with van der Waals surface area (Å²) >= 11 is 0. The quantitative estimate of drug-likeness (QED) is 0.451. The molecule has 0 atom stereocenters. The molecule has 2 rings (SSSR count). The van der Waals surface area contributed by atoms with Gasteiger partial charge in [-0.05, 0) is 24.6 Å². The van der Waals surface area contributed by atoms with E-state index < -0.39 is 4.92 Å². The van der Waals surface area contributed by atoms with E-state index in [-0.39, 0.29) is 18.2 Å². The van der Waals surface area contributed by atoms with Gasteiger partial charge >= 0.3 is 0 Å². The summed E-state index contributed by atoms with van der Waals surface area (Å²) in [5.41, 5.74) is 1.14. The van der Waals surface area contributed by atoms with Gasteiger partial charge in [0.15, 0.2) is 6.61 Å². The molecule has 7 heteroatoms. The number of nitro groups is 1. The lowest BCUT2D eigenvalue weighted by molar-refractivity contribution is -0.384. The molecule has 2 aromatic carbocycles. The summed E-state index contributed by atoms with van der Waals surface area (Å²) in [6.45, 7) is 3.40. The summed E-state index contributed by atoms with van der Waals surface area (Å²) in [6.07, 6.45) is 2.01. The van der Waals surface area contributed by atoms with Gasteiger partial charge in [-0.15, -0.1) is 6.58 Å². The largest absolute Gasteiger partial charge is 0.497 e. The molecule has 0 heterocycles. The fraction of sp³-hybridized carbons (Fsp3) is 0.167. The van der Waals surface area contributed by atoms with Crippen LogP contribution in [-0.2, 0) is 11.2 Å². The Kier molecular flexibility index (Phi) is 6.11. The van der Waals surface area contributed by atoms with E-state index in [1.54, 1.807) is 37.5 Å². The fourth-order valence-electron chi connectivity index (χ4n) is 2.18. The molecule has 2 aromatic rings. The molecule has 0 bridgehead atoms. The van der Waals surface area contributed by atoms with Crippen molar-refractivity contribution in [3.05, 3.63) is 70.8 Å². The highest BCUT2D eigenvalue weighted by atomic mass is 16.6. The predicted molar refractivity (Wildman–Crippen MR) is 94.1 cm³/mol. The van der Waals surface area contributed by atoms with Gasteiger partial charge in [-0.3, -0.25) is 14.9 Å². The van der Waals surface area contributed by atoms with Crippen LogP contribution in [-0.4, -0.2) is 24.5 Å². The monoisotopic (exact) mass is 342 g/mol. The van der Waals surface area contributed by atoms with Gasteiger partial charge in [-0.1, -0.05) is 12.1 Å². The molecule has 0 saturated heterocycles. The maximum atomic E-state index is 12.0. The highest BCUT2D eigenvalue weighted by molar-refractivity contribution is 5.92. The van der Waals surface area contributed by atoms with Crippen molar-refractivity contribution in [1.82, 2.24) is 0 Å². The number of carbonyl (C=O) groups is 1. The first-order valence-corrected chi connectivity index (χ1v) is 7.48. The van der Waals surface area contributed by atoms with E-state index in [1.807, 2.05) is 0 Å². The standard InChI is InChI=1S/C18H18N2O5/c1-3-5-13-10-15(20(22)23)8-9-17(13)25-12-18(21)19-14-6-4-7-16(11-14)24-2/h3-4,6-11H,1,5,12H2,2H3,(H,19,21). The van der Waals surface area contributed by atoms with Crippen molar-refractivity contribution in [2.75, 3.05) is 19.0 Å². The SMILES string of the molecule is C=CCc1cc([N+](=O)[O-])ccc1OCC(=O)Nc1cccc(OC)c1. The summed E-state index contributed by atoms with van der Waals surface area (Å²) in [5.74, 6) is 0.685. The van der Waals surface area contributed by atoms with Crippen LogP contribution in [0.2, 0.25) is 0 Å². The number of carbonyl (C=O) groups excluding carboxylic acids is 1. The molecule has 0 aliphatic carbocycles. The number of ether oxygens (including phenoxy) is 2. The molecule has 1 amide bonds. The minimum Gasteiger partial charge on any atom is -0.497 e. The van der Waals surface area contributed by atoms with Gasteiger partial charge in [0, 0.05) is 29.4 Å². The first-order valence-electron chi connectivity index (χ1n) is 7.48. The molecule has 0 aliphatic heterocycles. The average Bonchev–Trinajstić information content (AvgIpc) is 2.61. The normalized spacial score (nSPS) is 9.96. The van der Waals surface area contributed by atoms with Crippen LogP contribution in [0.4, 0.5) is 11.4 Å². The minimum atomic E-state index is -0.480. The van der Waals surface area contributed by atoms with Crippen molar-refractivity contribution in [2.45, 2.75) is 6.42 Å². The molecular formula is C18H18N2O5. The minimum absolute atomic E-state index is 0.0370. The van der Waals surface area contributed by atoms with E-state index in [2.05, 4.69) is 11.9 Å². The molecule has 0 fully saturated rings. The van der Waals surface area contributed by atoms with Crippen molar-refractivity contribution in [1.29, 1.82) is 0 Å². The summed E-state index contributed by atoms with van der Waals surface area (Å²) in [7, 11) is 1.54. The second kappa shape index (κ2) is 8.49. The van der Waals surface area contributed by atoms with Crippen molar-refractivity contribution < 1.29 is 19.2 Å². The van der Waals surface area contributed by atoms with Crippen molar-refractivity contribution >= 4 is 17.3 Å². The number of hydrogen-bond acceptors (Lipinski definition) is 5. The van der Waals surface area contributed by atoms with Crippen LogP contribution in [0, 0.1) is 10.1 Å². The summed E-state index contributed by atoms with van der Waals surface area (Å²) in [4.78, 5) is 22.4. The Morgan fingerprint density at radius 2 is 2.12 bits per heavy atom. The zero-order chi connectivity index (χ0) is 18.2. The van der Waals surface area contributed by atoms with Gasteiger partial charge in [-0.2, -0.15) is 0 Å². The number of non-ortho nitro benzene ring substituents is 1. The van der Waals surface area contributed by atoms with Crippen LogP contribution >= 0.6 is 0 Å². The van der Waals surface area contributed by atoms with E-state index in [0.717, 1.165) is 0 Å². The van der Waals surface area contributed by atoms with Gasteiger partial charge < -0.3 is 14.8 Å². The Morgan fingerprint density at radius 1 is 1.32 bits per heavy atom. The summed E-state index contributed by atoms with van der Waals surface area (Å²) in [6, 6.07) is 11.2. The number of nitro benzene ring substituents is 1. The van der Waals surface area contributed by atoms with E-state index in [1.165, 1.54) is 18.2 Å². The molecule has 25 heavy (non-hydrogen) atoms. The van der Waals surface area contributed by atoms with Crippen LogP contribution in [0.25, 0.3) is 0 Å². The van der Waals surface area contributed by atoms with Crippen molar-refractivity contribution in [3.8, 4) is 11.5 Å². The number of anilines is 1. The third-order valence-corrected chi connectivity index (χ3v) is 3.33. The Bertz CT molecular complexity index is 789. The van der Waals surface area contributed by atoms with Crippen LogP contribution in [0.5, 0.6) is 11.5 Å². The molecule has 130 valence electrons. The van der Waals surface area contributed by atoms with E-state index >= 15 is 0 Å². The number of nitrogens with one attached hydrogen (secondary N) is 1. The molecule has 7 nitrogen and oxygen atoms in total. The molecule has 0 saturated carbocycles. The predicted octanol–water partition coefficient (Wildman–Crippen LogP) is 3.35. The third kappa shape index (κ3) is 5.07. The Morgan fingerprint density at radius 3 is 2.80 bits per heavy atom. The molecule has 0 aliphatic rings. The average molecular weight is 342 g/mol. The van der Waals surface area contributed by atoms with Crippen LogP contribution in [0.3, 0.4) is 0 Å². The first kappa shape index (κ1) is 18.0. The van der Waals surface area contributed by atoms with Gasteiger partial charge in [0.05, 0.1) is 12.0 Å². The lowest BCUT2D eigenvalue weighted by Gasteiger charge is -2.11. The van der Waals surface area contributed by atoms with Crippen LogP contribution in [0.15, 0.2) is 55.1 Å². The molecular weight excluding hydrogens is 324 g/mol. The third-order valence-electron chi connectivity index (χ3n) is 3.33. The fourth-order valence-corrected chi connectivity index (χ4v) is 2.18. The lowest BCUT2D eigenvalue weighted by atomic mass is 10.1. The van der Waals surface area contributed by atoms with Crippen LogP contribution < -0.4 is 14.8 Å². The van der Waals surface area contributed by atoms with Gasteiger partial charge in [0.2, 0.25) is 0 Å². The number of hydrogen-bond donors (Lipinski definition) is 1. The molecule has 0 spiro atoms. The van der Waals surface area contributed by atoms with Gasteiger partial charge in [-0.25, -0.2) is 0 Å². The zero-order valence-corrected chi connectivity index (χ0v) is 13.7. The van der Waals surface area contributed by atoms with Crippen molar-refractivity contribution in [3.63, 3.8) is 0 Å². The molecule has 0 unspecified atom stereocenters. The number of rotatable bonds is 8. The smallest absolute Gasteiger partial charge is 0.269 e. The second-order valence-corrected chi connectivity index (χ2v) is 5.11. The first-order chi connectivity index (χ1) is 12.0. The van der Waals surface area contributed by atoms with Gasteiger partial charge in [0.25, 0.3) is 11.6 Å². The number of nitrogens with zero attached hydrogens (tertiary/aromatic N) is 1. The maximum Gasteiger partial charge on any atom is 0.269 e. The number of amides is 1. The topological polar surface area (TPSA) is 90.7 Å². The second-order valence-electron chi connectivity index (χ2n) is 5.11. The Balaban J connectivity index is 2.03. The number of methoxy groups -OCH3 is 1. The molecule has 1 N–H and O–H groups in total. The van der Waals surface area contributed by atoms with E-state index in [4.69, 9.17) is 9.47 Å². The molecule has 0 aromatic heterocycles. The summed E-state index contributed by atoms with van der Waals surface area (Å²) < 4.78 is 10.6. The number of benzene rings is 2. The van der Waals surface area contributed by atoms with Crippen molar-refractivity contribution in [2.24, 2.45) is 0 Å². The van der Waals surface area contributed by atoms with E-state index in [9.17, 15) is 14.9 Å². The molecule has 0 radical (unpaired) electrons. The number of allylic oxidation sites excluding steroid dienone is 1. The lowest BCUT2D eigenvalue weighted by Crippen LogP contribution is -2.20. The summed E-state index contributed by atoms with van der Waals surface area (Å²) in [5, 5.41) is 13.6. The zero-order valence-electron chi connectivity index (χ0n) is 13.7. The van der Waals surface area contributed by atoms with E-state index in [0.29, 0.717) is 29.2 Å². The Hall–Kier alpha value is -3.35. The van der Waals surface area contributed by atoms with Crippen LogP contribution in [0.1, 0.15) is 5.56 Å². The maximum absolute atomic E-state index is 12.0. The van der Waals surface area contributed by atoms with Gasteiger partial charge in [0.1, 0.15) is 11.5 Å². The Labute approximate surface area is 145 Å². The highest BCUT2D eigenvalue weighted by Gasteiger charge is 2.12. The highest BCUT2D eigenvalue weighted by Crippen LogP contribution is 2.25.